The first-order valence-corrected chi connectivity index (χ1v) is 6.14. The van der Waals surface area contributed by atoms with Crippen molar-refractivity contribution in [1.82, 2.24) is 0 Å². The summed E-state index contributed by atoms with van der Waals surface area (Å²) in [5.74, 6) is -0.0923. The summed E-state index contributed by atoms with van der Waals surface area (Å²) in [6.45, 7) is 1.79. The van der Waals surface area contributed by atoms with E-state index in [4.69, 9.17) is 0 Å². The van der Waals surface area contributed by atoms with Crippen molar-refractivity contribution in [3.05, 3.63) is 33.9 Å². The van der Waals surface area contributed by atoms with Gasteiger partial charge in [-0.05, 0) is 31.4 Å². The molecular weight excluding hydrogens is 232 g/mol. The number of nitrogens with one attached hydrogen (secondary N) is 1. The van der Waals surface area contributed by atoms with Crippen molar-refractivity contribution in [2.45, 2.75) is 32.6 Å². The molecule has 0 atom stereocenters. The SMILES string of the molecule is Cc1ccc(NC(=O)C2CCCC2)c([N+](=O)[O-])c1. The number of carbonyl (C=O) groups is 1. The molecule has 1 N–H and O–H groups in total. The second kappa shape index (κ2) is 5.16. The lowest BCUT2D eigenvalue weighted by atomic mass is 10.1. The number of nitro groups is 1. The van der Waals surface area contributed by atoms with E-state index in [9.17, 15) is 14.9 Å². The Balaban J connectivity index is 2.17. The lowest BCUT2D eigenvalue weighted by Crippen LogP contribution is -2.20. The number of hydrogen-bond donors (Lipinski definition) is 1. The van der Waals surface area contributed by atoms with Crippen LogP contribution in [0.1, 0.15) is 31.2 Å². The van der Waals surface area contributed by atoms with Crippen LogP contribution >= 0.6 is 0 Å². The van der Waals surface area contributed by atoms with E-state index < -0.39 is 4.92 Å². The fourth-order valence-electron chi connectivity index (χ4n) is 2.32. The van der Waals surface area contributed by atoms with Crippen LogP contribution in [-0.4, -0.2) is 10.8 Å². The Morgan fingerprint density at radius 1 is 1.39 bits per heavy atom. The lowest BCUT2D eigenvalue weighted by Gasteiger charge is -2.10. The van der Waals surface area contributed by atoms with Crippen molar-refractivity contribution in [2.75, 3.05) is 5.32 Å². The minimum absolute atomic E-state index is 0.00547. The molecule has 1 aromatic rings. The zero-order valence-corrected chi connectivity index (χ0v) is 10.3. The largest absolute Gasteiger partial charge is 0.320 e. The maximum absolute atomic E-state index is 11.9. The molecular formula is C13H16N2O3. The van der Waals surface area contributed by atoms with Gasteiger partial charge in [-0.2, -0.15) is 0 Å². The third-order valence-corrected chi connectivity index (χ3v) is 3.33. The first-order valence-electron chi connectivity index (χ1n) is 6.14. The van der Waals surface area contributed by atoms with Crippen LogP contribution in [0.25, 0.3) is 0 Å². The van der Waals surface area contributed by atoms with Crippen molar-refractivity contribution in [1.29, 1.82) is 0 Å². The van der Waals surface area contributed by atoms with E-state index in [1.54, 1.807) is 19.1 Å². The molecule has 0 radical (unpaired) electrons. The molecule has 18 heavy (non-hydrogen) atoms. The molecule has 1 saturated carbocycles. The van der Waals surface area contributed by atoms with E-state index >= 15 is 0 Å². The summed E-state index contributed by atoms with van der Waals surface area (Å²) in [5, 5.41) is 13.6. The van der Waals surface area contributed by atoms with E-state index in [2.05, 4.69) is 5.32 Å². The smallest absolute Gasteiger partial charge is 0.293 e. The topological polar surface area (TPSA) is 72.2 Å². The van der Waals surface area contributed by atoms with Gasteiger partial charge in [0.2, 0.25) is 5.91 Å². The Morgan fingerprint density at radius 2 is 2.06 bits per heavy atom. The van der Waals surface area contributed by atoms with E-state index in [1.165, 1.54) is 6.07 Å². The number of nitro benzene ring substituents is 1. The standard InChI is InChI=1S/C13H16N2O3/c1-9-6-7-11(12(8-9)15(17)18)14-13(16)10-4-2-3-5-10/h6-8,10H,2-5H2,1H3,(H,14,16). The summed E-state index contributed by atoms with van der Waals surface area (Å²) in [5.41, 5.74) is 1.06. The van der Waals surface area contributed by atoms with Gasteiger partial charge in [-0.3, -0.25) is 14.9 Å². The normalized spacial score (nSPS) is 15.6. The molecule has 0 saturated heterocycles. The van der Waals surface area contributed by atoms with Crippen molar-refractivity contribution in [3.63, 3.8) is 0 Å². The van der Waals surface area contributed by atoms with E-state index in [-0.39, 0.29) is 17.5 Å². The van der Waals surface area contributed by atoms with Crippen LogP contribution in [0.4, 0.5) is 11.4 Å². The molecule has 1 aromatic carbocycles. The number of benzene rings is 1. The minimum atomic E-state index is -0.461. The van der Waals surface area contributed by atoms with Gasteiger partial charge in [-0.1, -0.05) is 18.9 Å². The predicted molar refractivity (Wildman–Crippen MR) is 68.4 cm³/mol. The Bertz CT molecular complexity index is 479. The highest BCUT2D eigenvalue weighted by Crippen LogP contribution is 2.29. The zero-order valence-electron chi connectivity index (χ0n) is 10.3. The molecule has 0 aromatic heterocycles. The third-order valence-electron chi connectivity index (χ3n) is 3.33. The van der Waals surface area contributed by atoms with Gasteiger partial charge >= 0.3 is 0 Å². The lowest BCUT2D eigenvalue weighted by molar-refractivity contribution is -0.384. The van der Waals surface area contributed by atoms with E-state index in [0.29, 0.717) is 5.69 Å². The van der Waals surface area contributed by atoms with Crippen molar-refractivity contribution >= 4 is 17.3 Å². The maximum atomic E-state index is 11.9. The molecule has 2 rings (SSSR count). The molecule has 5 nitrogen and oxygen atoms in total. The number of nitrogens with zero attached hydrogens (tertiary/aromatic N) is 1. The van der Waals surface area contributed by atoms with Gasteiger partial charge in [0.15, 0.2) is 0 Å². The van der Waals surface area contributed by atoms with Crippen molar-refractivity contribution in [3.8, 4) is 0 Å². The molecule has 1 aliphatic carbocycles. The van der Waals surface area contributed by atoms with E-state index in [0.717, 1.165) is 31.2 Å². The fourth-order valence-corrected chi connectivity index (χ4v) is 2.32. The number of rotatable bonds is 3. The molecule has 5 heteroatoms. The van der Waals surface area contributed by atoms with Gasteiger partial charge in [0, 0.05) is 12.0 Å². The average molecular weight is 248 g/mol. The summed E-state index contributed by atoms with van der Waals surface area (Å²) in [4.78, 5) is 22.4. The van der Waals surface area contributed by atoms with Gasteiger partial charge in [0.1, 0.15) is 5.69 Å². The Hall–Kier alpha value is -1.91. The van der Waals surface area contributed by atoms with Crippen molar-refractivity contribution in [2.24, 2.45) is 5.92 Å². The number of amides is 1. The van der Waals surface area contributed by atoms with Gasteiger partial charge in [-0.25, -0.2) is 0 Å². The first-order chi connectivity index (χ1) is 8.58. The highest BCUT2D eigenvalue weighted by Gasteiger charge is 2.24. The summed E-state index contributed by atoms with van der Waals surface area (Å²) < 4.78 is 0. The number of carbonyl (C=O) groups excluding carboxylic acids is 1. The molecule has 0 heterocycles. The molecule has 0 aliphatic heterocycles. The molecule has 1 fully saturated rings. The monoisotopic (exact) mass is 248 g/mol. The second-order valence-corrected chi connectivity index (χ2v) is 4.75. The molecule has 0 unspecified atom stereocenters. The first kappa shape index (κ1) is 12.5. The van der Waals surface area contributed by atoms with Crippen LogP contribution in [0.15, 0.2) is 18.2 Å². The van der Waals surface area contributed by atoms with Crippen LogP contribution in [0.3, 0.4) is 0 Å². The Labute approximate surface area is 105 Å². The zero-order chi connectivity index (χ0) is 13.1. The van der Waals surface area contributed by atoms with Gasteiger partial charge in [0.05, 0.1) is 4.92 Å². The summed E-state index contributed by atoms with van der Waals surface area (Å²) in [6, 6.07) is 4.84. The van der Waals surface area contributed by atoms with Crippen LogP contribution in [0.5, 0.6) is 0 Å². The highest BCUT2D eigenvalue weighted by molar-refractivity contribution is 5.94. The van der Waals surface area contributed by atoms with Crippen molar-refractivity contribution < 1.29 is 9.72 Å². The van der Waals surface area contributed by atoms with Crippen LogP contribution in [0.2, 0.25) is 0 Å². The Morgan fingerprint density at radius 3 is 2.67 bits per heavy atom. The fraction of sp³-hybridized carbons (Fsp3) is 0.462. The predicted octanol–water partition coefficient (Wildman–Crippen LogP) is 3.03. The molecule has 0 bridgehead atoms. The quantitative estimate of drug-likeness (QED) is 0.660. The second-order valence-electron chi connectivity index (χ2n) is 4.75. The van der Waals surface area contributed by atoms with Crippen LogP contribution in [0, 0.1) is 23.0 Å². The number of hydrogen-bond acceptors (Lipinski definition) is 3. The average Bonchev–Trinajstić information content (AvgIpc) is 2.84. The molecule has 0 spiro atoms. The Kier molecular flexibility index (Phi) is 3.60. The maximum Gasteiger partial charge on any atom is 0.293 e. The summed E-state index contributed by atoms with van der Waals surface area (Å²) in [6.07, 6.45) is 3.89. The molecule has 1 amide bonds. The molecule has 1 aliphatic rings. The third kappa shape index (κ3) is 2.67. The van der Waals surface area contributed by atoms with Crippen LogP contribution in [-0.2, 0) is 4.79 Å². The highest BCUT2D eigenvalue weighted by atomic mass is 16.6. The van der Waals surface area contributed by atoms with Gasteiger partial charge < -0.3 is 5.32 Å². The van der Waals surface area contributed by atoms with E-state index in [1.807, 2.05) is 0 Å². The van der Waals surface area contributed by atoms with Gasteiger partial charge in [-0.15, -0.1) is 0 Å². The summed E-state index contributed by atoms with van der Waals surface area (Å²) >= 11 is 0. The molecule has 96 valence electrons. The van der Waals surface area contributed by atoms with Crippen LogP contribution < -0.4 is 5.32 Å². The number of aryl methyl sites for hydroxylation is 1. The minimum Gasteiger partial charge on any atom is -0.320 e. The number of anilines is 1. The van der Waals surface area contributed by atoms with Gasteiger partial charge in [0.25, 0.3) is 5.69 Å². The summed E-state index contributed by atoms with van der Waals surface area (Å²) in [7, 11) is 0.